The van der Waals surface area contributed by atoms with E-state index in [0.717, 1.165) is 20.8 Å². The average Bonchev–Trinajstić information content (AvgIpc) is 3.21. The third kappa shape index (κ3) is 2.16. The summed E-state index contributed by atoms with van der Waals surface area (Å²) < 4.78 is 6.92. The lowest BCUT2D eigenvalue weighted by Crippen LogP contribution is -1.76. The molecule has 2 heterocycles. The largest absolute Gasteiger partial charge is 0.434 e. The van der Waals surface area contributed by atoms with Gasteiger partial charge in [0.2, 0.25) is 0 Å². The number of thiazole rings is 1. The van der Waals surface area contributed by atoms with Gasteiger partial charge in [0.1, 0.15) is 0 Å². The van der Waals surface area contributed by atoms with Crippen molar-refractivity contribution in [1.29, 1.82) is 5.26 Å². The summed E-state index contributed by atoms with van der Waals surface area (Å²) in [4.78, 5) is 8.85. The predicted molar refractivity (Wildman–Crippen MR) is 85.3 cm³/mol. The molecule has 4 aromatic rings. The third-order valence-electron chi connectivity index (χ3n) is 3.28. The Balaban J connectivity index is 1.72. The van der Waals surface area contributed by atoms with Gasteiger partial charge >= 0.3 is 0 Å². The summed E-state index contributed by atoms with van der Waals surface area (Å²) in [5.41, 5.74) is 2.45. The van der Waals surface area contributed by atoms with Crippen LogP contribution >= 0.6 is 11.3 Å². The Morgan fingerprint density at radius 3 is 2.64 bits per heavy atom. The van der Waals surface area contributed by atoms with Crippen molar-refractivity contribution in [2.75, 3.05) is 0 Å². The fraction of sp³-hybridized carbons (Fsp3) is 0. The maximum absolute atomic E-state index is 8.83. The molecule has 0 aliphatic rings. The molecule has 0 unspecified atom stereocenters. The first-order valence-electron chi connectivity index (χ1n) is 6.66. The summed E-state index contributed by atoms with van der Waals surface area (Å²) in [5, 5.41) is 9.59. The Morgan fingerprint density at radius 2 is 1.86 bits per heavy atom. The van der Waals surface area contributed by atoms with E-state index >= 15 is 0 Å². The highest BCUT2D eigenvalue weighted by Gasteiger charge is 2.13. The fourth-order valence-corrected chi connectivity index (χ4v) is 3.08. The van der Waals surface area contributed by atoms with Gasteiger partial charge in [-0.2, -0.15) is 5.26 Å². The standard InChI is InChI=1S/C17H9N3OS/c18-9-11-5-7-12(8-6-11)14-10-19-16(21-14)17-20-13-3-1-2-4-15(13)22-17/h1-8,10H. The van der Waals surface area contributed by atoms with Crippen molar-refractivity contribution < 1.29 is 4.42 Å². The van der Waals surface area contributed by atoms with Crippen LogP contribution in [0.5, 0.6) is 0 Å². The zero-order valence-corrected chi connectivity index (χ0v) is 12.2. The molecule has 0 aliphatic carbocycles. The van der Waals surface area contributed by atoms with Crippen LogP contribution in [0.3, 0.4) is 0 Å². The highest BCUT2D eigenvalue weighted by Crippen LogP contribution is 2.31. The van der Waals surface area contributed by atoms with Crippen LogP contribution in [-0.2, 0) is 0 Å². The number of benzene rings is 2. The van der Waals surface area contributed by atoms with Gasteiger partial charge in [0, 0.05) is 5.56 Å². The second kappa shape index (κ2) is 5.10. The van der Waals surface area contributed by atoms with Crippen LogP contribution in [-0.4, -0.2) is 9.97 Å². The van der Waals surface area contributed by atoms with E-state index in [1.165, 1.54) is 0 Å². The molecule has 5 heteroatoms. The summed E-state index contributed by atoms with van der Waals surface area (Å²) in [7, 11) is 0. The first kappa shape index (κ1) is 12.7. The van der Waals surface area contributed by atoms with Crippen molar-refractivity contribution in [3.63, 3.8) is 0 Å². The topological polar surface area (TPSA) is 62.7 Å². The summed E-state index contributed by atoms with van der Waals surface area (Å²) in [6.45, 7) is 0. The summed E-state index contributed by atoms with van der Waals surface area (Å²) in [6.07, 6.45) is 1.68. The Labute approximate surface area is 130 Å². The average molecular weight is 303 g/mol. The Bertz CT molecular complexity index is 960. The Kier molecular flexibility index (Phi) is 2.95. The van der Waals surface area contributed by atoms with Crippen LogP contribution in [0.15, 0.2) is 59.1 Å². The molecule has 0 saturated carbocycles. The molecule has 2 aromatic heterocycles. The van der Waals surface area contributed by atoms with Gasteiger partial charge in [-0.05, 0) is 36.4 Å². The zero-order chi connectivity index (χ0) is 14.9. The number of aromatic nitrogens is 2. The van der Waals surface area contributed by atoms with E-state index in [1.807, 2.05) is 36.4 Å². The normalized spacial score (nSPS) is 10.7. The molecule has 0 bridgehead atoms. The summed E-state index contributed by atoms with van der Waals surface area (Å²) in [6, 6.07) is 17.3. The van der Waals surface area contributed by atoms with E-state index in [-0.39, 0.29) is 0 Å². The van der Waals surface area contributed by atoms with Gasteiger partial charge in [-0.1, -0.05) is 12.1 Å². The minimum atomic E-state index is 0.514. The highest BCUT2D eigenvalue weighted by atomic mass is 32.1. The second-order valence-electron chi connectivity index (χ2n) is 4.71. The molecule has 22 heavy (non-hydrogen) atoms. The lowest BCUT2D eigenvalue weighted by atomic mass is 10.1. The minimum absolute atomic E-state index is 0.514. The molecule has 4 nitrogen and oxygen atoms in total. The molecule has 0 fully saturated rings. The van der Waals surface area contributed by atoms with Gasteiger partial charge in [0.25, 0.3) is 5.89 Å². The number of rotatable bonds is 2. The molecule has 4 rings (SSSR count). The predicted octanol–water partition coefficient (Wildman–Crippen LogP) is 4.49. The van der Waals surface area contributed by atoms with Gasteiger partial charge in [0.05, 0.1) is 28.0 Å². The molecule has 0 radical (unpaired) electrons. The molecule has 0 atom stereocenters. The number of nitrogens with zero attached hydrogens (tertiary/aromatic N) is 3. The first-order chi connectivity index (χ1) is 10.8. The van der Waals surface area contributed by atoms with E-state index in [1.54, 1.807) is 29.7 Å². The molecule has 0 N–H and O–H groups in total. The summed E-state index contributed by atoms with van der Waals surface area (Å²) in [5.74, 6) is 1.18. The van der Waals surface area contributed by atoms with Crippen molar-refractivity contribution in [3.8, 4) is 28.3 Å². The van der Waals surface area contributed by atoms with Gasteiger partial charge in [0.15, 0.2) is 10.8 Å². The number of oxazole rings is 1. The third-order valence-corrected chi connectivity index (χ3v) is 4.31. The molecule has 2 aromatic carbocycles. The molecular weight excluding hydrogens is 294 g/mol. The fourth-order valence-electron chi connectivity index (χ4n) is 2.18. The molecular formula is C17H9N3OS. The number of para-hydroxylation sites is 1. The molecule has 0 amide bonds. The molecule has 104 valence electrons. The maximum atomic E-state index is 8.83. The van der Waals surface area contributed by atoms with E-state index in [0.29, 0.717) is 17.2 Å². The van der Waals surface area contributed by atoms with Crippen molar-refractivity contribution >= 4 is 21.6 Å². The maximum Gasteiger partial charge on any atom is 0.256 e. The number of hydrogen-bond donors (Lipinski definition) is 0. The van der Waals surface area contributed by atoms with Gasteiger partial charge in [-0.3, -0.25) is 0 Å². The van der Waals surface area contributed by atoms with E-state index in [2.05, 4.69) is 16.0 Å². The number of hydrogen-bond acceptors (Lipinski definition) is 5. The van der Waals surface area contributed by atoms with Crippen LogP contribution in [0, 0.1) is 11.3 Å². The monoisotopic (exact) mass is 303 g/mol. The lowest BCUT2D eigenvalue weighted by Gasteiger charge is -1.95. The minimum Gasteiger partial charge on any atom is -0.434 e. The van der Waals surface area contributed by atoms with Crippen LogP contribution in [0.1, 0.15) is 5.56 Å². The SMILES string of the molecule is N#Cc1ccc(-c2cnc(-c3nc4ccccc4s3)o2)cc1. The zero-order valence-electron chi connectivity index (χ0n) is 11.4. The smallest absolute Gasteiger partial charge is 0.256 e. The summed E-state index contributed by atoms with van der Waals surface area (Å²) >= 11 is 1.55. The Hall–Kier alpha value is -2.97. The van der Waals surface area contributed by atoms with Crippen molar-refractivity contribution in [2.24, 2.45) is 0 Å². The first-order valence-corrected chi connectivity index (χ1v) is 7.47. The molecule has 0 spiro atoms. The lowest BCUT2D eigenvalue weighted by molar-refractivity contribution is 0.588. The van der Waals surface area contributed by atoms with Crippen LogP contribution in [0.25, 0.3) is 32.4 Å². The van der Waals surface area contributed by atoms with Gasteiger partial charge in [-0.15, -0.1) is 11.3 Å². The van der Waals surface area contributed by atoms with Crippen LogP contribution in [0.4, 0.5) is 0 Å². The van der Waals surface area contributed by atoms with Crippen molar-refractivity contribution in [1.82, 2.24) is 9.97 Å². The number of fused-ring (bicyclic) bond motifs is 1. The van der Waals surface area contributed by atoms with Crippen molar-refractivity contribution in [3.05, 3.63) is 60.3 Å². The van der Waals surface area contributed by atoms with Gasteiger partial charge in [-0.25, -0.2) is 9.97 Å². The van der Waals surface area contributed by atoms with Crippen LogP contribution in [0.2, 0.25) is 0 Å². The second-order valence-corrected chi connectivity index (χ2v) is 5.74. The highest BCUT2D eigenvalue weighted by molar-refractivity contribution is 7.21. The van der Waals surface area contributed by atoms with E-state index in [9.17, 15) is 0 Å². The van der Waals surface area contributed by atoms with E-state index in [4.69, 9.17) is 9.68 Å². The number of nitriles is 1. The molecule has 0 saturated heterocycles. The quantitative estimate of drug-likeness (QED) is 0.547. The van der Waals surface area contributed by atoms with E-state index < -0.39 is 0 Å². The Morgan fingerprint density at radius 1 is 1.05 bits per heavy atom. The molecule has 0 aliphatic heterocycles. The van der Waals surface area contributed by atoms with Gasteiger partial charge < -0.3 is 4.42 Å². The van der Waals surface area contributed by atoms with Crippen molar-refractivity contribution in [2.45, 2.75) is 0 Å². The van der Waals surface area contributed by atoms with Crippen LogP contribution < -0.4 is 0 Å².